The van der Waals surface area contributed by atoms with Crippen LogP contribution < -0.4 is 0 Å². The van der Waals surface area contributed by atoms with Gasteiger partial charge < -0.3 is 10.2 Å². The molecule has 0 aromatic carbocycles. The average molecular weight is 505 g/mol. The summed E-state index contributed by atoms with van der Waals surface area (Å²) in [4.78, 5) is 21.4. The summed E-state index contributed by atoms with van der Waals surface area (Å²) < 4.78 is 0. The molecule has 0 amide bonds. The molecule has 178 valence electrons. The van der Waals surface area contributed by atoms with Crippen LogP contribution in [0.1, 0.15) is 57.5 Å². The molecule has 3 aromatic rings. The standard InChI is InChI=1S/C6H4ClNO2.C6H6ClNO.C5H4ClN.3C2H6/c7-5-4(6(9)10)2-1-3-8-5;7-6-5(4-9)2-1-3-8-6;6-5-3-1-2-4-7-5;3*1-2/h1-3H,(H,9,10);1-3,9H,4H2;1-4H;3*1-2H3. The number of carboxylic acid groups (broad SMARTS) is 1. The molecule has 0 saturated carbocycles. The second kappa shape index (κ2) is 25.0. The lowest BCUT2D eigenvalue weighted by Crippen LogP contribution is -1.97. The minimum absolute atomic E-state index is 0.0231. The quantitative estimate of drug-likeness (QED) is 0.351. The Morgan fingerprint density at radius 3 is 1.53 bits per heavy atom. The molecule has 0 atom stereocenters. The lowest BCUT2D eigenvalue weighted by Gasteiger charge is -1.94. The number of nitrogens with zero attached hydrogens (tertiary/aromatic N) is 3. The molecule has 0 aliphatic rings. The highest BCUT2D eigenvalue weighted by atomic mass is 35.5. The van der Waals surface area contributed by atoms with E-state index in [4.69, 9.17) is 45.0 Å². The monoisotopic (exact) mass is 503 g/mol. The molecule has 3 aromatic heterocycles. The fraction of sp³-hybridized carbons (Fsp3) is 0.304. The summed E-state index contributed by atoms with van der Waals surface area (Å²) in [6, 6.07) is 11.8. The molecule has 0 fully saturated rings. The highest BCUT2D eigenvalue weighted by Crippen LogP contribution is 2.10. The van der Waals surface area contributed by atoms with E-state index in [0.29, 0.717) is 15.9 Å². The van der Waals surface area contributed by atoms with Crippen molar-refractivity contribution in [3.63, 3.8) is 0 Å². The summed E-state index contributed by atoms with van der Waals surface area (Å²) in [6.45, 7) is 12.0. The highest BCUT2D eigenvalue weighted by Gasteiger charge is 2.06. The minimum Gasteiger partial charge on any atom is -0.478 e. The van der Waals surface area contributed by atoms with E-state index < -0.39 is 5.97 Å². The first-order valence-electron chi connectivity index (χ1n) is 10.1. The van der Waals surface area contributed by atoms with Gasteiger partial charge in [0.2, 0.25) is 0 Å². The number of hydrogen-bond acceptors (Lipinski definition) is 5. The van der Waals surface area contributed by atoms with Crippen LogP contribution in [0.3, 0.4) is 0 Å². The van der Waals surface area contributed by atoms with Crippen LogP contribution in [0.5, 0.6) is 0 Å². The van der Waals surface area contributed by atoms with Gasteiger partial charge in [-0.3, -0.25) is 0 Å². The third-order valence-electron chi connectivity index (χ3n) is 2.62. The molecule has 2 N–H and O–H groups in total. The Labute approximate surface area is 206 Å². The molecule has 0 saturated heterocycles. The van der Waals surface area contributed by atoms with Crippen molar-refractivity contribution >= 4 is 40.8 Å². The minimum atomic E-state index is -1.06. The van der Waals surface area contributed by atoms with Crippen molar-refractivity contribution in [3.05, 3.63) is 87.6 Å². The van der Waals surface area contributed by atoms with Gasteiger partial charge in [0.05, 0.1) is 12.2 Å². The number of carboxylic acids is 1. The van der Waals surface area contributed by atoms with Crippen LogP contribution in [0.4, 0.5) is 0 Å². The van der Waals surface area contributed by atoms with Gasteiger partial charge in [0.15, 0.2) is 0 Å². The molecule has 0 spiro atoms. The van der Waals surface area contributed by atoms with Gasteiger partial charge in [-0.05, 0) is 30.3 Å². The summed E-state index contributed by atoms with van der Waals surface area (Å²) >= 11 is 16.4. The van der Waals surface area contributed by atoms with E-state index in [1.165, 1.54) is 18.3 Å². The number of aromatic nitrogens is 3. The topological polar surface area (TPSA) is 96.2 Å². The Morgan fingerprint density at radius 1 is 0.750 bits per heavy atom. The summed E-state index contributed by atoms with van der Waals surface area (Å²) in [5.41, 5.74) is 0.698. The molecular weight excluding hydrogens is 473 g/mol. The van der Waals surface area contributed by atoms with E-state index >= 15 is 0 Å². The predicted molar refractivity (Wildman–Crippen MR) is 135 cm³/mol. The van der Waals surface area contributed by atoms with Gasteiger partial charge in [0.1, 0.15) is 15.5 Å². The molecular formula is C23H32Cl3N3O3. The van der Waals surface area contributed by atoms with Crippen molar-refractivity contribution in [2.75, 3.05) is 0 Å². The van der Waals surface area contributed by atoms with E-state index in [2.05, 4.69) is 15.0 Å². The second-order valence-electron chi connectivity index (χ2n) is 4.41. The first-order chi connectivity index (χ1) is 15.5. The number of hydrogen-bond donors (Lipinski definition) is 2. The lowest BCUT2D eigenvalue weighted by molar-refractivity contribution is 0.0696. The van der Waals surface area contributed by atoms with Gasteiger partial charge in [-0.1, -0.05) is 88.5 Å². The Bertz CT molecular complexity index is 824. The van der Waals surface area contributed by atoms with Gasteiger partial charge in [-0.2, -0.15) is 0 Å². The van der Waals surface area contributed by atoms with E-state index in [1.807, 2.05) is 53.7 Å². The predicted octanol–water partition coefficient (Wildman–Crippen LogP) is 7.47. The van der Waals surface area contributed by atoms with Crippen LogP contribution in [0.2, 0.25) is 15.5 Å². The van der Waals surface area contributed by atoms with Gasteiger partial charge in [0.25, 0.3) is 0 Å². The zero-order chi connectivity index (χ0) is 25.4. The van der Waals surface area contributed by atoms with Crippen LogP contribution in [-0.2, 0) is 6.61 Å². The maximum Gasteiger partial charge on any atom is 0.338 e. The number of pyridine rings is 3. The zero-order valence-corrected chi connectivity index (χ0v) is 21.5. The number of aliphatic hydroxyl groups excluding tert-OH is 1. The van der Waals surface area contributed by atoms with E-state index in [1.54, 1.807) is 30.6 Å². The molecule has 3 rings (SSSR count). The van der Waals surface area contributed by atoms with E-state index in [9.17, 15) is 4.79 Å². The van der Waals surface area contributed by atoms with Crippen molar-refractivity contribution in [2.24, 2.45) is 0 Å². The summed E-state index contributed by atoms with van der Waals surface area (Å²) in [5, 5.41) is 18.0. The van der Waals surface area contributed by atoms with Crippen molar-refractivity contribution in [3.8, 4) is 0 Å². The number of aliphatic hydroxyl groups is 1. The Morgan fingerprint density at radius 2 is 1.25 bits per heavy atom. The second-order valence-corrected chi connectivity index (χ2v) is 5.51. The van der Waals surface area contributed by atoms with Crippen LogP contribution in [-0.4, -0.2) is 31.1 Å². The van der Waals surface area contributed by atoms with Gasteiger partial charge >= 0.3 is 5.97 Å². The molecule has 6 nitrogen and oxygen atoms in total. The molecule has 0 unspecified atom stereocenters. The van der Waals surface area contributed by atoms with Crippen molar-refractivity contribution in [1.82, 2.24) is 15.0 Å². The van der Waals surface area contributed by atoms with E-state index in [-0.39, 0.29) is 17.3 Å². The maximum absolute atomic E-state index is 10.3. The summed E-state index contributed by atoms with van der Waals surface area (Å²) in [5.74, 6) is -1.06. The third-order valence-corrected chi connectivity index (χ3v) is 3.49. The smallest absolute Gasteiger partial charge is 0.338 e. The Hall–Kier alpha value is -2.25. The maximum atomic E-state index is 10.3. The Balaban J connectivity index is -0.000000355. The van der Waals surface area contributed by atoms with Gasteiger partial charge in [0, 0.05) is 24.2 Å². The Kier molecular flexibility index (Phi) is 26.9. The average Bonchev–Trinajstić information content (AvgIpc) is 2.85. The fourth-order valence-corrected chi connectivity index (χ4v) is 1.93. The first kappa shape index (κ1) is 34.4. The lowest BCUT2D eigenvalue weighted by atomic mass is 10.3. The van der Waals surface area contributed by atoms with Crippen LogP contribution >= 0.6 is 34.8 Å². The van der Waals surface area contributed by atoms with Gasteiger partial charge in [-0.25, -0.2) is 19.7 Å². The highest BCUT2D eigenvalue weighted by molar-refractivity contribution is 6.32. The number of halogens is 3. The van der Waals surface area contributed by atoms with Crippen molar-refractivity contribution < 1.29 is 15.0 Å². The zero-order valence-electron chi connectivity index (χ0n) is 19.3. The largest absolute Gasteiger partial charge is 0.478 e. The van der Waals surface area contributed by atoms with Crippen LogP contribution in [0.15, 0.2) is 61.1 Å². The number of carbonyl (C=O) groups is 1. The van der Waals surface area contributed by atoms with Gasteiger partial charge in [-0.15, -0.1) is 0 Å². The molecule has 9 heteroatoms. The molecule has 0 aliphatic heterocycles. The molecule has 0 aliphatic carbocycles. The van der Waals surface area contributed by atoms with Crippen molar-refractivity contribution in [1.29, 1.82) is 0 Å². The molecule has 0 bridgehead atoms. The SMILES string of the molecule is CC.CC.CC.Clc1ccccn1.O=C(O)c1cccnc1Cl.OCc1cccnc1Cl. The van der Waals surface area contributed by atoms with Crippen LogP contribution in [0, 0.1) is 0 Å². The molecule has 32 heavy (non-hydrogen) atoms. The molecule has 0 radical (unpaired) electrons. The third kappa shape index (κ3) is 17.4. The fourth-order valence-electron chi connectivity index (χ4n) is 1.42. The number of rotatable bonds is 2. The first-order valence-corrected chi connectivity index (χ1v) is 11.2. The summed E-state index contributed by atoms with van der Waals surface area (Å²) in [7, 11) is 0. The summed E-state index contributed by atoms with van der Waals surface area (Å²) in [6.07, 6.45) is 4.68. The molecule has 3 heterocycles. The van der Waals surface area contributed by atoms with Crippen molar-refractivity contribution in [2.45, 2.75) is 48.1 Å². The van der Waals surface area contributed by atoms with E-state index in [0.717, 1.165) is 0 Å². The van der Waals surface area contributed by atoms with Crippen LogP contribution in [0.25, 0.3) is 0 Å². The normalized spacial score (nSPS) is 8.06. The number of aromatic carboxylic acids is 1.